The van der Waals surface area contributed by atoms with E-state index in [1.165, 1.54) is 12.0 Å². The first-order chi connectivity index (χ1) is 15.5. The maximum atomic E-state index is 13.1. The Kier molecular flexibility index (Phi) is 6.23. The van der Waals surface area contributed by atoms with Gasteiger partial charge in [0.05, 0.1) is 44.3 Å². The van der Waals surface area contributed by atoms with Crippen LogP contribution in [0.2, 0.25) is 0 Å². The summed E-state index contributed by atoms with van der Waals surface area (Å²) in [6.45, 7) is 1.66. The highest BCUT2D eigenvalue weighted by Crippen LogP contribution is 2.61. The van der Waals surface area contributed by atoms with Crippen molar-refractivity contribution in [1.82, 2.24) is 20.2 Å². The summed E-state index contributed by atoms with van der Waals surface area (Å²) in [6.07, 6.45) is -0.365. The third-order valence-electron chi connectivity index (χ3n) is 7.11. The smallest absolute Gasteiger partial charge is 0.453 e. The van der Waals surface area contributed by atoms with E-state index in [4.69, 9.17) is 9.47 Å². The fourth-order valence-electron chi connectivity index (χ4n) is 5.37. The summed E-state index contributed by atoms with van der Waals surface area (Å²) in [5, 5.41) is 2.00. The van der Waals surface area contributed by atoms with Crippen molar-refractivity contribution in [2.24, 2.45) is 5.92 Å². The summed E-state index contributed by atoms with van der Waals surface area (Å²) in [5.74, 6) is -1.63. The van der Waals surface area contributed by atoms with Crippen LogP contribution >= 0.6 is 0 Å². The summed E-state index contributed by atoms with van der Waals surface area (Å²) in [5.41, 5.74) is -0.170. The number of carbonyl (C=O) groups is 2. The molecule has 182 valence electrons. The number of halogens is 4. The number of fused-ring (bicyclic) bond motifs is 1. The zero-order valence-corrected chi connectivity index (χ0v) is 18.3. The molecule has 1 aromatic rings. The Balaban J connectivity index is 1.39. The Labute approximate surface area is 188 Å². The van der Waals surface area contributed by atoms with Crippen molar-refractivity contribution >= 4 is 12.0 Å². The van der Waals surface area contributed by atoms with Crippen molar-refractivity contribution < 1.29 is 36.6 Å². The van der Waals surface area contributed by atoms with Crippen LogP contribution in [-0.4, -0.2) is 71.0 Å². The predicted octanol–water partition coefficient (Wildman–Crippen LogP) is 2.72. The quantitative estimate of drug-likeness (QED) is 0.660. The highest BCUT2D eigenvalue weighted by atomic mass is 19.4. The van der Waals surface area contributed by atoms with Crippen LogP contribution in [0.1, 0.15) is 44.9 Å². The van der Waals surface area contributed by atoms with E-state index in [1.807, 2.05) is 5.32 Å². The molecule has 3 aliphatic rings. The number of amides is 2. The second kappa shape index (κ2) is 8.69. The molecule has 3 fully saturated rings. The average molecular weight is 474 g/mol. The van der Waals surface area contributed by atoms with Crippen LogP contribution in [0, 0.1) is 11.7 Å². The minimum atomic E-state index is -5.02. The van der Waals surface area contributed by atoms with Gasteiger partial charge in [0.2, 0.25) is 0 Å². The third-order valence-corrected chi connectivity index (χ3v) is 7.11. The van der Waals surface area contributed by atoms with Gasteiger partial charge in [0.25, 0.3) is 0 Å². The Hall–Kier alpha value is -2.50. The van der Waals surface area contributed by atoms with Crippen molar-refractivity contribution in [1.29, 1.82) is 0 Å². The SMILES string of the molecule is COC(=O)N1[C@H](C)C[C@H](NC(=O)C(F)(F)F)[C@@H]1CO[C@@H]1CC[C@@]2(c3ncc(F)cn3)C[C@H]2C1. The molecule has 0 spiro atoms. The standard InChI is InChI=1S/C21H26F4N4O4/c1-11-5-15(28-18(30)21(23,24)25)16(29(11)19(31)32-2)10-33-14-3-4-20(7-12(20)6-14)17-26-8-13(22)9-27-17/h8-9,11-12,14-16H,3-7,10H2,1-2H3,(H,28,30)/t11-,12-,14-,15+,16+,20-/m1/s1. The first-order valence-corrected chi connectivity index (χ1v) is 10.9. The lowest BCUT2D eigenvalue weighted by Gasteiger charge is -2.32. The molecule has 2 heterocycles. The van der Waals surface area contributed by atoms with Crippen LogP contribution in [0.3, 0.4) is 0 Å². The second-order valence-electron chi connectivity index (χ2n) is 9.12. The lowest BCUT2D eigenvalue weighted by atomic mass is 9.86. The molecule has 0 bridgehead atoms. The van der Waals surface area contributed by atoms with Crippen LogP contribution < -0.4 is 5.32 Å². The number of nitrogens with one attached hydrogen (secondary N) is 1. The number of hydrogen-bond donors (Lipinski definition) is 1. The molecule has 1 aromatic heterocycles. The molecule has 2 saturated carbocycles. The van der Waals surface area contributed by atoms with Gasteiger partial charge in [0, 0.05) is 11.5 Å². The zero-order chi connectivity index (χ0) is 24.0. The molecule has 1 saturated heterocycles. The number of likely N-dealkylation sites (tertiary alicyclic amines) is 1. The fourth-order valence-corrected chi connectivity index (χ4v) is 5.37. The van der Waals surface area contributed by atoms with E-state index >= 15 is 0 Å². The van der Waals surface area contributed by atoms with E-state index in [-0.39, 0.29) is 30.5 Å². The first-order valence-electron chi connectivity index (χ1n) is 10.9. The molecular weight excluding hydrogens is 448 g/mol. The predicted molar refractivity (Wildman–Crippen MR) is 105 cm³/mol. The molecule has 2 amide bonds. The Morgan fingerprint density at radius 1 is 1.27 bits per heavy atom. The van der Waals surface area contributed by atoms with E-state index in [1.54, 1.807) is 6.92 Å². The first kappa shape index (κ1) is 23.7. The van der Waals surface area contributed by atoms with Crippen LogP contribution in [-0.2, 0) is 19.7 Å². The van der Waals surface area contributed by atoms with Crippen LogP contribution in [0.5, 0.6) is 0 Å². The third kappa shape index (κ3) is 4.62. The number of ether oxygens (including phenoxy) is 2. The minimum absolute atomic E-state index is 0.0281. The van der Waals surface area contributed by atoms with Gasteiger partial charge in [-0.3, -0.25) is 9.69 Å². The number of carbonyl (C=O) groups excluding carboxylic acids is 2. The molecule has 0 unspecified atom stereocenters. The number of alkyl halides is 3. The molecule has 8 nitrogen and oxygen atoms in total. The summed E-state index contributed by atoms with van der Waals surface area (Å²) in [6, 6.07) is -2.13. The molecule has 4 rings (SSSR count). The molecule has 0 aromatic carbocycles. The van der Waals surface area contributed by atoms with Gasteiger partial charge >= 0.3 is 18.2 Å². The van der Waals surface area contributed by atoms with Gasteiger partial charge in [-0.2, -0.15) is 13.2 Å². The van der Waals surface area contributed by atoms with Gasteiger partial charge in [-0.1, -0.05) is 0 Å². The van der Waals surface area contributed by atoms with Crippen LogP contribution in [0.25, 0.3) is 0 Å². The number of methoxy groups -OCH3 is 1. The maximum Gasteiger partial charge on any atom is 0.471 e. The van der Waals surface area contributed by atoms with Gasteiger partial charge in [-0.15, -0.1) is 0 Å². The van der Waals surface area contributed by atoms with Gasteiger partial charge in [-0.25, -0.2) is 19.2 Å². The van der Waals surface area contributed by atoms with E-state index in [0.29, 0.717) is 18.7 Å². The van der Waals surface area contributed by atoms with Gasteiger partial charge in [0.15, 0.2) is 5.82 Å². The zero-order valence-electron chi connectivity index (χ0n) is 18.3. The average Bonchev–Trinajstić information content (AvgIpc) is 3.42. The molecule has 2 aliphatic carbocycles. The molecule has 12 heteroatoms. The fraction of sp³-hybridized carbons (Fsp3) is 0.714. The topological polar surface area (TPSA) is 93.7 Å². The highest BCUT2D eigenvalue weighted by Gasteiger charge is 2.60. The van der Waals surface area contributed by atoms with Crippen molar-refractivity contribution in [2.75, 3.05) is 13.7 Å². The number of hydrogen-bond acceptors (Lipinski definition) is 6. The van der Waals surface area contributed by atoms with Crippen molar-refractivity contribution in [2.45, 2.75) is 74.8 Å². The van der Waals surface area contributed by atoms with Crippen LogP contribution in [0.15, 0.2) is 12.4 Å². The van der Waals surface area contributed by atoms with E-state index in [2.05, 4.69) is 9.97 Å². The Bertz CT molecular complexity index is 899. The number of nitrogens with zero attached hydrogens (tertiary/aromatic N) is 3. The molecule has 1 aliphatic heterocycles. The summed E-state index contributed by atoms with van der Waals surface area (Å²) < 4.78 is 62.4. The Morgan fingerprint density at radius 3 is 2.58 bits per heavy atom. The monoisotopic (exact) mass is 474 g/mol. The second-order valence-corrected chi connectivity index (χ2v) is 9.12. The lowest BCUT2D eigenvalue weighted by Crippen LogP contribution is -2.52. The highest BCUT2D eigenvalue weighted by molar-refractivity contribution is 5.82. The summed E-state index contributed by atoms with van der Waals surface area (Å²) in [7, 11) is 1.19. The van der Waals surface area contributed by atoms with Crippen LogP contribution in [0.4, 0.5) is 22.4 Å². The maximum absolute atomic E-state index is 13.1. The normalized spacial score (nSPS) is 33.4. The molecule has 1 N–H and O–H groups in total. The largest absolute Gasteiger partial charge is 0.471 e. The molecule has 6 atom stereocenters. The molecule has 33 heavy (non-hydrogen) atoms. The number of rotatable bonds is 5. The lowest BCUT2D eigenvalue weighted by molar-refractivity contribution is -0.174. The summed E-state index contributed by atoms with van der Waals surface area (Å²) >= 11 is 0. The molecule has 0 radical (unpaired) electrons. The van der Waals surface area contributed by atoms with Crippen molar-refractivity contribution in [3.63, 3.8) is 0 Å². The molecular formula is C21H26F4N4O4. The van der Waals surface area contributed by atoms with Gasteiger partial charge in [-0.05, 0) is 44.9 Å². The van der Waals surface area contributed by atoms with Gasteiger partial charge < -0.3 is 14.8 Å². The minimum Gasteiger partial charge on any atom is -0.453 e. The van der Waals surface area contributed by atoms with Crippen molar-refractivity contribution in [3.05, 3.63) is 24.0 Å². The van der Waals surface area contributed by atoms with E-state index in [0.717, 1.165) is 25.2 Å². The van der Waals surface area contributed by atoms with Crippen molar-refractivity contribution in [3.8, 4) is 0 Å². The van der Waals surface area contributed by atoms with Gasteiger partial charge in [0.1, 0.15) is 5.82 Å². The Morgan fingerprint density at radius 2 is 1.97 bits per heavy atom. The number of aromatic nitrogens is 2. The van der Waals surface area contributed by atoms with E-state index in [9.17, 15) is 27.2 Å². The summed E-state index contributed by atoms with van der Waals surface area (Å²) in [4.78, 5) is 33.4. The van der Waals surface area contributed by atoms with E-state index < -0.39 is 42.1 Å².